The smallest absolute Gasteiger partial charge is 0.407 e. The van der Waals surface area contributed by atoms with Gasteiger partial charge < -0.3 is 15.3 Å². The predicted molar refractivity (Wildman–Crippen MR) is 96.0 cm³/mol. The van der Waals surface area contributed by atoms with Gasteiger partial charge in [-0.3, -0.25) is 4.79 Å². The van der Waals surface area contributed by atoms with Crippen LogP contribution in [0.2, 0.25) is 5.02 Å². The van der Waals surface area contributed by atoms with Gasteiger partial charge in [-0.2, -0.15) is 0 Å². The van der Waals surface area contributed by atoms with Crippen LogP contribution in [0.4, 0.5) is 13.6 Å². The zero-order valence-electron chi connectivity index (χ0n) is 14.2. The summed E-state index contributed by atoms with van der Waals surface area (Å²) in [4.78, 5) is 25.1. The van der Waals surface area contributed by atoms with E-state index >= 15 is 0 Å². The molecule has 1 heterocycles. The minimum atomic E-state index is -1.09. The molecule has 2 aromatic rings. The fraction of sp³-hybridized carbons (Fsp3) is 0.263. The lowest BCUT2D eigenvalue weighted by molar-refractivity contribution is 0.0888. The molecular weight excluding hydrogens is 378 g/mol. The first-order valence-electron chi connectivity index (χ1n) is 8.34. The van der Waals surface area contributed by atoms with Crippen LogP contribution in [0, 0.1) is 11.6 Å². The molecule has 3 rings (SSSR count). The highest BCUT2D eigenvalue weighted by atomic mass is 35.5. The molecule has 0 saturated carbocycles. The normalized spacial score (nSPS) is 19.6. The molecule has 2 atom stereocenters. The molecule has 8 heteroatoms. The van der Waals surface area contributed by atoms with Crippen molar-refractivity contribution in [2.75, 3.05) is 13.1 Å². The monoisotopic (exact) mass is 394 g/mol. The van der Waals surface area contributed by atoms with E-state index < -0.39 is 29.7 Å². The highest BCUT2D eigenvalue weighted by Crippen LogP contribution is 2.29. The SMILES string of the molecule is O=C(N[C@@H]1CCN(C(=O)O)C[C@H]1c1ccc(F)c(F)c1)c1ccc(Cl)cc1. The van der Waals surface area contributed by atoms with Gasteiger partial charge in [0.05, 0.1) is 0 Å². The van der Waals surface area contributed by atoms with Crippen molar-refractivity contribution in [3.8, 4) is 0 Å². The summed E-state index contributed by atoms with van der Waals surface area (Å²) in [5.41, 5.74) is 0.838. The Morgan fingerprint density at radius 1 is 1.11 bits per heavy atom. The van der Waals surface area contributed by atoms with Gasteiger partial charge in [-0.15, -0.1) is 0 Å². The summed E-state index contributed by atoms with van der Waals surface area (Å²) in [6.45, 7) is 0.313. The van der Waals surface area contributed by atoms with Crippen LogP contribution in [0.25, 0.3) is 0 Å². The van der Waals surface area contributed by atoms with E-state index in [4.69, 9.17) is 11.6 Å². The lowest BCUT2D eigenvalue weighted by atomic mass is 9.85. The van der Waals surface area contributed by atoms with E-state index in [9.17, 15) is 23.5 Å². The number of nitrogens with zero attached hydrogens (tertiary/aromatic N) is 1. The Morgan fingerprint density at radius 3 is 2.44 bits per heavy atom. The molecule has 2 amide bonds. The quantitative estimate of drug-likeness (QED) is 0.830. The number of nitrogens with one attached hydrogen (secondary N) is 1. The van der Waals surface area contributed by atoms with Gasteiger partial charge in [-0.1, -0.05) is 17.7 Å². The molecular formula is C19H17ClF2N2O3. The van der Waals surface area contributed by atoms with Gasteiger partial charge in [0, 0.05) is 35.6 Å². The number of amides is 2. The number of likely N-dealkylation sites (tertiary alicyclic amines) is 1. The number of carbonyl (C=O) groups is 2. The van der Waals surface area contributed by atoms with Gasteiger partial charge in [0.2, 0.25) is 0 Å². The summed E-state index contributed by atoms with van der Waals surface area (Å²) in [6.07, 6.45) is -0.736. The minimum absolute atomic E-state index is 0.0754. The standard InChI is InChI=1S/C19H17ClF2N2O3/c20-13-4-1-11(2-5-13)18(25)23-17-7-8-24(19(26)27)10-14(17)12-3-6-15(21)16(22)9-12/h1-6,9,14,17H,7-8,10H2,(H,23,25)(H,26,27)/t14-,17+/m0/s1. The third-order valence-corrected chi connectivity index (χ3v) is 4.93. The minimum Gasteiger partial charge on any atom is -0.465 e. The maximum atomic E-state index is 13.7. The maximum Gasteiger partial charge on any atom is 0.407 e. The second-order valence-electron chi connectivity index (χ2n) is 6.38. The van der Waals surface area contributed by atoms with Crippen LogP contribution in [0.5, 0.6) is 0 Å². The van der Waals surface area contributed by atoms with Crippen LogP contribution in [-0.2, 0) is 0 Å². The highest BCUT2D eigenvalue weighted by Gasteiger charge is 2.34. The van der Waals surface area contributed by atoms with Crippen LogP contribution >= 0.6 is 11.6 Å². The summed E-state index contributed by atoms with van der Waals surface area (Å²) in [5.74, 6) is -2.83. The number of piperidine rings is 1. The van der Waals surface area contributed by atoms with Crippen LogP contribution in [0.1, 0.15) is 28.3 Å². The maximum absolute atomic E-state index is 13.7. The summed E-state index contributed by atoms with van der Waals surface area (Å²) >= 11 is 5.83. The summed E-state index contributed by atoms with van der Waals surface area (Å²) in [6, 6.07) is 9.39. The number of rotatable bonds is 3. The van der Waals surface area contributed by atoms with E-state index in [1.165, 1.54) is 11.0 Å². The first-order chi connectivity index (χ1) is 12.8. The average Bonchev–Trinajstić information content (AvgIpc) is 2.64. The zero-order chi connectivity index (χ0) is 19.6. The Labute approximate surface area is 159 Å². The molecule has 1 saturated heterocycles. The van der Waals surface area contributed by atoms with E-state index in [1.54, 1.807) is 24.3 Å². The van der Waals surface area contributed by atoms with Gasteiger partial charge in [0.25, 0.3) is 5.91 Å². The van der Waals surface area contributed by atoms with E-state index in [1.807, 2.05) is 0 Å². The Balaban J connectivity index is 1.84. The van der Waals surface area contributed by atoms with Crippen LogP contribution < -0.4 is 5.32 Å². The van der Waals surface area contributed by atoms with Gasteiger partial charge >= 0.3 is 6.09 Å². The molecule has 0 bridgehead atoms. The molecule has 1 aliphatic rings. The number of carboxylic acid groups (broad SMARTS) is 1. The van der Waals surface area contributed by atoms with Gasteiger partial charge in [-0.05, 0) is 48.4 Å². The number of hydrogen-bond acceptors (Lipinski definition) is 2. The summed E-state index contributed by atoms with van der Waals surface area (Å²) < 4.78 is 26.9. The van der Waals surface area contributed by atoms with Crippen LogP contribution in [0.3, 0.4) is 0 Å². The lowest BCUT2D eigenvalue weighted by Crippen LogP contribution is -2.51. The molecule has 0 unspecified atom stereocenters. The average molecular weight is 395 g/mol. The lowest BCUT2D eigenvalue weighted by Gasteiger charge is -2.38. The van der Waals surface area contributed by atoms with Crippen molar-refractivity contribution in [2.24, 2.45) is 0 Å². The van der Waals surface area contributed by atoms with Gasteiger partial charge in [0.15, 0.2) is 11.6 Å². The number of carbonyl (C=O) groups excluding carboxylic acids is 1. The third kappa shape index (κ3) is 4.36. The fourth-order valence-corrected chi connectivity index (χ4v) is 3.36. The Bertz CT molecular complexity index is 861. The topological polar surface area (TPSA) is 69.6 Å². The van der Waals surface area contributed by atoms with E-state index in [2.05, 4.69) is 5.32 Å². The van der Waals surface area contributed by atoms with E-state index in [0.717, 1.165) is 12.1 Å². The van der Waals surface area contributed by atoms with Crippen molar-refractivity contribution in [3.63, 3.8) is 0 Å². The largest absolute Gasteiger partial charge is 0.465 e. The molecule has 2 N–H and O–H groups in total. The predicted octanol–water partition coefficient (Wildman–Crippen LogP) is 3.88. The van der Waals surface area contributed by atoms with Crippen molar-refractivity contribution in [2.45, 2.75) is 18.4 Å². The first-order valence-corrected chi connectivity index (χ1v) is 8.72. The van der Waals surface area contributed by atoms with Gasteiger partial charge in [0.1, 0.15) is 0 Å². The zero-order valence-corrected chi connectivity index (χ0v) is 14.9. The van der Waals surface area contributed by atoms with Crippen molar-refractivity contribution in [3.05, 3.63) is 70.2 Å². The summed E-state index contributed by atoms with van der Waals surface area (Å²) in [7, 11) is 0. The first kappa shape index (κ1) is 19.1. The van der Waals surface area contributed by atoms with Crippen molar-refractivity contribution >= 4 is 23.6 Å². The second kappa shape index (κ2) is 7.92. The highest BCUT2D eigenvalue weighted by molar-refractivity contribution is 6.30. The Morgan fingerprint density at radius 2 is 1.81 bits per heavy atom. The van der Waals surface area contributed by atoms with Crippen molar-refractivity contribution in [1.29, 1.82) is 0 Å². The van der Waals surface area contributed by atoms with E-state index in [0.29, 0.717) is 22.6 Å². The second-order valence-corrected chi connectivity index (χ2v) is 6.82. The van der Waals surface area contributed by atoms with Gasteiger partial charge in [-0.25, -0.2) is 13.6 Å². The molecule has 0 aliphatic carbocycles. The van der Waals surface area contributed by atoms with Crippen molar-refractivity contribution in [1.82, 2.24) is 10.2 Å². The molecule has 0 aromatic heterocycles. The Hall–Kier alpha value is -2.67. The molecule has 0 radical (unpaired) electrons. The Kier molecular flexibility index (Phi) is 5.60. The number of benzene rings is 2. The fourth-order valence-electron chi connectivity index (χ4n) is 3.23. The molecule has 142 valence electrons. The molecule has 2 aromatic carbocycles. The van der Waals surface area contributed by atoms with E-state index in [-0.39, 0.29) is 19.0 Å². The number of halogens is 3. The number of hydrogen-bond donors (Lipinski definition) is 2. The molecule has 0 spiro atoms. The van der Waals surface area contributed by atoms with Crippen LogP contribution in [-0.4, -0.2) is 41.1 Å². The van der Waals surface area contributed by atoms with Crippen molar-refractivity contribution < 1.29 is 23.5 Å². The third-order valence-electron chi connectivity index (χ3n) is 4.68. The van der Waals surface area contributed by atoms with Crippen LogP contribution in [0.15, 0.2) is 42.5 Å². The molecule has 1 aliphatic heterocycles. The molecule has 1 fully saturated rings. The summed E-state index contributed by atoms with van der Waals surface area (Å²) in [5, 5.41) is 12.6. The molecule has 5 nitrogen and oxygen atoms in total. The molecule has 27 heavy (non-hydrogen) atoms.